The number of nitrogens with one attached hydrogen (secondary N) is 2. The van der Waals surface area contributed by atoms with Gasteiger partial charge in [0, 0.05) is 22.2 Å². The maximum Gasteiger partial charge on any atom is 0.261 e. The highest BCUT2D eigenvalue weighted by Crippen LogP contribution is 2.28. The number of hydrogen-bond donors (Lipinski definition) is 2. The Balaban J connectivity index is 1.27. The summed E-state index contributed by atoms with van der Waals surface area (Å²) >= 11 is 1.35. The van der Waals surface area contributed by atoms with Crippen molar-refractivity contribution < 1.29 is 13.2 Å². The standard InChI is InChI=1S/C26H19N3O3S2/c30-25(19-12-14-22(15-13-19)29-34(31,32)23-8-2-1-3-9-23)28-26-27-24(17-33-26)21-11-10-18-6-4-5-7-20(18)16-21/h1-17,29H,(H,27,28,30). The minimum absolute atomic E-state index is 0.169. The fourth-order valence-corrected chi connectivity index (χ4v) is 5.28. The minimum Gasteiger partial charge on any atom is -0.298 e. The first kappa shape index (κ1) is 21.8. The van der Waals surface area contributed by atoms with E-state index in [9.17, 15) is 13.2 Å². The van der Waals surface area contributed by atoms with Crippen LogP contribution in [0.2, 0.25) is 0 Å². The van der Waals surface area contributed by atoms with E-state index in [4.69, 9.17) is 0 Å². The average Bonchev–Trinajstić information content (AvgIpc) is 3.33. The molecule has 1 amide bonds. The van der Waals surface area contributed by atoms with Gasteiger partial charge in [0.05, 0.1) is 10.6 Å². The van der Waals surface area contributed by atoms with Crippen molar-refractivity contribution in [3.63, 3.8) is 0 Å². The molecular weight excluding hydrogens is 466 g/mol. The second-order valence-electron chi connectivity index (χ2n) is 7.55. The Hall–Kier alpha value is -4.01. The summed E-state index contributed by atoms with van der Waals surface area (Å²) in [6.45, 7) is 0. The highest BCUT2D eigenvalue weighted by Gasteiger charge is 2.15. The van der Waals surface area contributed by atoms with E-state index < -0.39 is 10.0 Å². The number of rotatable bonds is 6. The summed E-state index contributed by atoms with van der Waals surface area (Å²) in [7, 11) is -3.69. The number of amides is 1. The maximum atomic E-state index is 12.7. The Morgan fingerprint density at radius 2 is 1.50 bits per heavy atom. The molecule has 168 valence electrons. The third-order valence-corrected chi connectivity index (χ3v) is 7.38. The van der Waals surface area contributed by atoms with Crippen LogP contribution in [0.5, 0.6) is 0 Å². The van der Waals surface area contributed by atoms with E-state index in [-0.39, 0.29) is 10.8 Å². The molecule has 5 aromatic rings. The summed E-state index contributed by atoms with van der Waals surface area (Å²) in [6.07, 6.45) is 0. The van der Waals surface area contributed by atoms with Crippen molar-refractivity contribution in [2.75, 3.05) is 10.0 Å². The lowest BCUT2D eigenvalue weighted by atomic mass is 10.1. The molecule has 0 atom stereocenters. The first-order valence-corrected chi connectivity index (χ1v) is 12.8. The lowest BCUT2D eigenvalue weighted by Gasteiger charge is -2.08. The topological polar surface area (TPSA) is 88.2 Å². The van der Waals surface area contributed by atoms with Crippen LogP contribution in [-0.2, 0) is 10.0 Å². The first-order valence-electron chi connectivity index (χ1n) is 10.4. The summed E-state index contributed by atoms with van der Waals surface area (Å²) in [5, 5.41) is 7.48. The van der Waals surface area contributed by atoms with E-state index in [2.05, 4.69) is 39.3 Å². The zero-order chi connectivity index (χ0) is 23.5. The molecule has 1 aromatic heterocycles. The van der Waals surface area contributed by atoms with Crippen molar-refractivity contribution in [1.29, 1.82) is 0 Å². The number of benzene rings is 4. The van der Waals surface area contributed by atoms with Crippen LogP contribution >= 0.6 is 11.3 Å². The number of carbonyl (C=O) groups is 1. The molecule has 0 saturated heterocycles. The highest BCUT2D eigenvalue weighted by atomic mass is 32.2. The van der Waals surface area contributed by atoms with Gasteiger partial charge in [-0.05, 0) is 53.2 Å². The van der Waals surface area contributed by atoms with E-state index in [0.717, 1.165) is 22.0 Å². The van der Waals surface area contributed by atoms with E-state index in [1.165, 1.54) is 23.5 Å². The third kappa shape index (κ3) is 4.68. The van der Waals surface area contributed by atoms with E-state index in [0.29, 0.717) is 16.4 Å². The number of aromatic nitrogens is 1. The van der Waals surface area contributed by atoms with Gasteiger partial charge in [-0.25, -0.2) is 13.4 Å². The van der Waals surface area contributed by atoms with Gasteiger partial charge in [-0.2, -0.15) is 0 Å². The fraction of sp³-hybridized carbons (Fsp3) is 0. The van der Waals surface area contributed by atoms with Crippen LogP contribution in [0.3, 0.4) is 0 Å². The van der Waals surface area contributed by atoms with Gasteiger partial charge in [-0.15, -0.1) is 11.3 Å². The monoisotopic (exact) mass is 485 g/mol. The van der Waals surface area contributed by atoms with Gasteiger partial charge in [0.15, 0.2) is 5.13 Å². The number of thiazole rings is 1. The third-order valence-electron chi connectivity index (χ3n) is 5.22. The number of sulfonamides is 1. The van der Waals surface area contributed by atoms with E-state index >= 15 is 0 Å². The lowest BCUT2D eigenvalue weighted by Crippen LogP contribution is -2.14. The van der Waals surface area contributed by atoms with Crippen molar-refractivity contribution >= 4 is 48.9 Å². The summed E-state index contributed by atoms with van der Waals surface area (Å²) in [5.74, 6) is -0.322. The molecule has 0 aliphatic rings. The van der Waals surface area contributed by atoms with Crippen molar-refractivity contribution in [3.05, 3.63) is 108 Å². The highest BCUT2D eigenvalue weighted by molar-refractivity contribution is 7.92. The lowest BCUT2D eigenvalue weighted by molar-refractivity contribution is 0.102. The number of hydrogen-bond acceptors (Lipinski definition) is 5. The zero-order valence-electron chi connectivity index (χ0n) is 17.8. The summed E-state index contributed by atoms with van der Waals surface area (Å²) in [4.78, 5) is 17.4. The van der Waals surface area contributed by atoms with Crippen molar-refractivity contribution in [2.45, 2.75) is 4.90 Å². The largest absolute Gasteiger partial charge is 0.298 e. The SMILES string of the molecule is O=C(Nc1nc(-c2ccc3ccccc3c2)cs1)c1ccc(NS(=O)(=O)c2ccccc2)cc1. The Kier molecular flexibility index (Phi) is 5.83. The minimum atomic E-state index is -3.69. The maximum absolute atomic E-state index is 12.7. The molecule has 2 N–H and O–H groups in total. The molecule has 8 heteroatoms. The molecule has 0 aliphatic heterocycles. The Bertz CT molecular complexity index is 1580. The van der Waals surface area contributed by atoms with Gasteiger partial charge in [0.1, 0.15) is 0 Å². The molecule has 34 heavy (non-hydrogen) atoms. The van der Waals surface area contributed by atoms with Gasteiger partial charge in [0.25, 0.3) is 15.9 Å². The summed E-state index contributed by atoms with van der Waals surface area (Å²) in [6, 6.07) is 28.6. The van der Waals surface area contributed by atoms with E-state index in [1.807, 2.05) is 23.6 Å². The summed E-state index contributed by atoms with van der Waals surface area (Å²) < 4.78 is 27.4. The number of nitrogens with zero attached hydrogens (tertiary/aromatic N) is 1. The molecule has 6 nitrogen and oxygen atoms in total. The van der Waals surface area contributed by atoms with Crippen molar-refractivity contribution in [3.8, 4) is 11.3 Å². The Morgan fingerprint density at radius 1 is 0.794 bits per heavy atom. The van der Waals surface area contributed by atoms with Crippen molar-refractivity contribution in [1.82, 2.24) is 4.98 Å². The fourth-order valence-electron chi connectivity index (χ4n) is 3.49. The molecule has 0 aliphatic carbocycles. The molecule has 0 radical (unpaired) electrons. The molecule has 0 spiro atoms. The van der Waals surface area contributed by atoms with Crippen LogP contribution in [-0.4, -0.2) is 19.3 Å². The smallest absolute Gasteiger partial charge is 0.261 e. The predicted molar refractivity (Wildman–Crippen MR) is 137 cm³/mol. The quantitative estimate of drug-likeness (QED) is 0.308. The Morgan fingerprint density at radius 3 is 2.26 bits per heavy atom. The number of anilines is 2. The van der Waals surface area contributed by atoms with Crippen LogP contribution in [0.1, 0.15) is 10.4 Å². The molecule has 0 fully saturated rings. The normalized spacial score (nSPS) is 11.3. The van der Waals surface area contributed by atoms with Gasteiger partial charge in [0.2, 0.25) is 0 Å². The molecular formula is C26H19N3O3S2. The second kappa shape index (κ2) is 9.09. The van der Waals surface area contributed by atoms with Crippen LogP contribution in [0, 0.1) is 0 Å². The number of carbonyl (C=O) groups excluding carboxylic acids is 1. The molecule has 0 unspecified atom stereocenters. The zero-order valence-corrected chi connectivity index (χ0v) is 19.4. The van der Waals surface area contributed by atoms with Crippen molar-refractivity contribution in [2.24, 2.45) is 0 Å². The number of fused-ring (bicyclic) bond motifs is 1. The molecule has 4 aromatic carbocycles. The summed E-state index contributed by atoms with van der Waals surface area (Å²) in [5.41, 5.74) is 2.53. The van der Waals surface area contributed by atoms with E-state index in [1.54, 1.807) is 42.5 Å². The van der Waals surface area contributed by atoms with Crippen LogP contribution in [0.25, 0.3) is 22.0 Å². The predicted octanol–water partition coefficient (Wildman–Crippen LogP) is 6.02. The van der Waals surface area contributed by atoms with Gasteiger partial charge in [-0.3, -0.25) is 14.8 Å². The van der Waals surface area contributed by atoms with Crippen LogP contribution in [0.15, 0.2) is 107 Å². The molecule has 0 bridgehead atoms. The van der Waals surface area contributed by atoms with Gasteiger partial charge in [-0.1, -0.05) is 54.6 Å². The van der Waals surface area contributed by atoms with Gasteiger partial charge >= 0.3 is 0 Å². The second-order valence-corrected chi connectivity index (χ2v) is 10.1. The van der Waals surface area contributed by atoms with Crippen LogP contribution in [0.4, 0.5) is 10.8 Å². The average molecular weight is 486 g/mol. The van der Waals surface area contributed by atoms with Crippen LogP contribution < -0.4 is 10.0 Å². The Labute approximate surface area is 201 Å². The molecule has 1 heterocycles. The van der Waals surface area contributed by atoms with Gasteiger partial charge < -0.3 is 0 Å². The molecule has 0 saturated carbocycles. The molecule has 5 rings (SSSR count). The first-order chi connectivity index (χ1) is 16.5.